The molecule has 0 nitrogen and oxygen atoms in total. The summed E-state index contributed by atoms with van der Waals surface area (Å²) in [7, 11) is 0. The fourth-order valence-electron chi connectivity index (χ4n) is 0.181. The van der Waals surface area contributed by atoms with E-state index >= 15 is 0 Å². The Morgan fingerprint density at radius 2 is 2.33 bits per heavy atom. The van der Waals surface area contributed by atoms with Crippen molar-refractivity contribution in [3.63, 3.8) is 0 Å². The van der Waals surface area contributed by atoms with Crippen molar-refractivity contribution in [3.8, 4) is 0 Å². The molecule has 0 radical (unpaired) electrons. The molecule has 0 aliphatic heterocycles. The van der Waals surface area contributed by atoms with Gasteiger partial charge in [-0.05, 0) is 0 Å². The Kier molecular flexibility index (Phi) is 5.22. The molecular formula is C5H8Co. The van der Waals surface area contributed by atoms with E-state index in [4.69, 9.17) is 0 Å². The Hall–Kier alpha value is 0.116. The summed E-state index contributed by atoms with van der Waals surface area (Å²) in [6.07, 6.45) is 5.06. The molecule has 0 spiro atoms. The van der Waals surface area contributed by atoms with Crippen molar-refractivity contribution in [3.05, 3.63) is 12.2 Å². The van der Waals surface area contributed by atoms with Crippen LogP contribution in [0.4, 0.5) is 0 Å². The second kappa shape index (κ2) is 5.12. The summed E-state index contributed by atoms with van der Waals surface area (Å²) in [6, 6.07) is 0. The Morgan fingerprint density at radius 1 is 1.67 bits per heavy atom. The third-order valence-electron chi connectivity index (χ3n) is 0.436. The van der Waals surface area contributed by atoms with Crippen LogP contribution in [-0.2, 0) is 15.3 Å². The van der Waals surface area contributed by atoms with E-state index in [9.17, 15) is 0 Å². The minimum atomic E-state index is 1.09. The van der Waals surface area contributed by atoms with Crippen LogP contribution < -0.4 is 0 Å². The van der Waals surface area contributed by atoms with E-state index in [1.54, 1.807) is 4.96 Å². The molecule has 0 bridgehead atoms. The maximum atomic E-state index is 3.88. The van der Waals surface area contributed by atoms with Gasteiger partial charge in [0.25, 0.3) is 0 Å². The van der Waals surface area contributed by atoms with E-state index in [1.807, 2.05) is 12.2 Å². The van der Waals surface area contributed by atoms with Gasteiger partial charge in [-0.1, -0.05) is 0 Å². The van der Waals surface area contributed by atoms with E-state index in [1.165, 1.54) is 0 Å². The fourth-order valence-corrected chi connectivity index (χ4v) is 0.323. The summed E-state index contributed by atoms with van der Waals surface area (Å²) in [5.74, 6) is 0. The predicted molar refractivity (Wildman–Crippen MR) is 25.5 cm³/mol. The van der Waals surface area contributed by atoms with Gasteiger partial charge in [0.05, 0.1) is 0 Å². The molecule has 0 aromatic rings. The molecule has 0 aliphatic rings. The molecule has 0 amide bonds. The molecule has 0 rings (SSSR count). The molecule has 0 fully saturated rings. The number of rotatable bonds is 2. The Morgan fingerprint density at radius 3 is 2.50 bits per heavy atom. The first-order valence-corrected chi connectivity index (χ1v) is 2.58. The van der Waals surface area contributed by atoms with Crippen molar-refractivity contribution in [1.29, 1.82) is 0 Å². The summed E-state index contributed by atoms with van der Waals surface area (Å²) in [4.78, 5) is 1.72. The van der Waals surface area contributed by atoms with Crippen LogP contribution in [0.15, 0.2) is 12.2 Å². The van der Waals surface area contributed by atoms with E-state index in [-0.39, 0.29) is 0 Å². The zero-order chi connectivity index (χ0) is 4.83. The number of hydrogen-bond donors (Lipinski definition) is 0. The molecule has 0 saturated heterocycles. The van der Waals surface area contributed by atoms with Crippen molar-refractivity contribution < 1.29 is 15.3 Å². The van der Waals surface area contributed by atoms with Crippen LogP contribution >= 0.6 is 0 Å². The summed E-state index contributed by atoms with van der Waals surface area (Å²) in [5, 5.41) is 0. The molecule has 0 aromatic carbocycles. The van der Waals surface area contributed by atoms with Gasteiger partial charge in [-0.15, -0.1) is 0 Å². The van der Waals surface area contributed by atoms with Gasteiger partial charge in [0.2, 0.25) is 0 Å². The van der Waals surface area contributed by atoms with Crippen molar-refractivity contribution in [1.82, 2.24) is 0 Å². The van der Waals surface area contributed by atoms with Gasteiger partial charge in [0.15, 0.2) is 0 Å². The standard InChI is InChI=1S/C5H8.Co/c1-3-5-4-2;/h1,3,5H,4H2,2H3;/b5-3-;. The molecule has 0 atom stereocenters. The Labute approximate surface area is 46.4 Å². The molecular weight excluding hydrogens is 119 g/mol. The average Bonchev–Trinajstić information content (AvgIpc) is 1.61. The molecule has 0 unspecified atom stereocenters. The first-order chi connectivity index (χ1) is 2.91. The van der Waals surface area contributed by atoms with Crippen LogP contribution in [0.2, 0.25) is 0 Å². The third-order valence-corrected chi connectivity index (χ3v) is 0.636. The van der Waals surface area contributed by atoms with Crippen molar-refractivity contribution in [2.45, 2.75) is 13.3 Å². The zero-order valence-electron chi connectivity index (χ0n) is 3.77. The number of hydrogen-bond acceptors (Lipinski definition) is 0. The molecule has 0 aromatic heterocycles. The second-order valence-electron chi connectivity index (χ2n) is 0.948. The second-order valence-corrected chi connectivity index (χ2v) is 1.29. The first kappa shape index (κ1) is 6.12. The maximum absolute atomic E-state index is 3.88. The first-order valence-electron chi connectivity index (χ1n) is 1.97. The quantitative estimate of drug-likeness (QED) is 0.524. The summed E-state index contributed by atoms with van der Waals surface area (Å²) < 4.78 is 0. The van der Waals surface area contributed by atoms with E-state index in [2.05, 4.69) is 22.2 Å². The van der Waals surface area contributed by atoms with Crippen LogP contribution in [0.5, 0.6) is 0 Å². The molecule has 0 saturated carbocycles. The van der Waals surface area contributed by atoms with Gasteiger partial charge in [-0.3, -0.25) is 0 Å². The van der Waals surface area contributed by atoms with Gasteiger partial charge in [0.1, 0.15) is 0 Å². The van der Waals surface area contributed by atoms with Gasteiger partial charge in [0, 0.05) is 0 Å². The van der Waals surface area contributed by atoms with E-state index < -0.39 is 0 Å². The van der Waals surface area contributed by atoms with Gasteiger partial charge < -0.3 is 0 Å². The summed E-state index contributed by atoms with van der Waals surface area (Å²) >= 11 is 3.88. The van der Waals surface area contributed by atoms with Crippen LogP contribution in [0, 0.1) is 0 Å². The topological polar surface area (TPSA) is 0 Å². The Balaban J connectivity index is 2.94. The molecule has 0 heterocycles. The average molecular weight is 127 g/mol. The summed E-state index contributed by atoms with van der Waals surface area (Å²) in [5.41, 5.74) is 0. The minimum absolute atomic E-state index is 1.09. The fraction of sp³-hybridized carbons (Fsp3) is 0.400. The Bertz CT molecular complexity index is 55.0. The monoisotopic (exact) mass is 127 g/mol. The van der Waals surface area contributed by atoms with Gasteiger partial charge >= 0.3 is 45.8 Å². The van der Waals surface area contributed by atoms with Crippen LogP contribution in [0.3, 0.4) is 0 Å². The molecule has 0 aliphatic carbocycles. The van der Waals surface area contributed by atoms with Crippen LogP contribution in [0.1, 0.15) is 13.3 Å². The van der Waals surface area contributed by atoms with Crippen molar-refractivity contribution >= 4 is 4.96 Å². The van der Waals surface area contributed by atoms with E-state index in [0.717, 1.165) is 6.42 Å². The SMILES string of the molecule is CC/C=C\[CH]=[Co]. The third kappa shape index (κ3) is 4.12. The zero-order valence-corrected chi connectivity index (χ0v) is 4.81. The molecule has 6 heavy (non-hydrogen) atoms. The molecule has 1 heteroatoms. The molecule has 0 N–H and O–H groups in total. The predicted octanol–water partition coefficient (Wildman–Crippen LogP) is 1.30. The summed E-state index contributed by atoms with van der Waals surface area (Å²) in [6.45, 7) is 2.09. The van der Waals surface area contributed by atoms with E-state index in [0.29, 0.717) is 0 Å². The van der Waals surface area contributed by atoms with Crippen molar-refractivity contribution in [2.75, 3.05) is 0 Å². The molecule has 37 valence electrons. The van der Waals surface area contributed by atoms with Crippen LogP contribution in [-0.4, -0.2) is 4.96 Å². The normalized spacial score (nSPS) is 9.67. The number of allylic oxidation sites excluding steroid dienone is 2. The van der Waals surface area contributed by atoms with Gasteiger partial charge in [-0.2, -0.15) is 0 Å². The van der Waals surface area contributed by atoms with Gasteiger partial charge in [-0.25, -0.2) is 0 Å². The van der Waals surface area contributed by atoms with Crippen LogP contribution in [0.25, 0.3) is 0 Å². The van der Waals surface area contributed by atoms with Crippen molar-refractivity contribution in [2.24, 2.45) is 0 Å².